The van der Waals surface area contributed by atoms with Gasteiger partial charge >= 0.3 is 0 Å². The van der Waals surface area contributed by atoms with Crippen molar-refractivity contribution in [3.05, 3.63) is 33.8 Å². The molecule has 1 aliphatic rings. The van der Waals surface area contributed by atoms with Crippen molar-refractivity contribution in [1.29, 1.82) is 0 Å². The maximum Gasteiger partial charge on any atom is 0.255 e. The first-order valence-corrected chi connectivity index (χ1v) is 7.09. The zero-order valence-electron chi connectivity index (χ0n) is 11.0. The molecule has 18 heavy (non-hydrogen) atoms. The van der Waals surface area contributed by atoms with E-state index in [1.54, 1.807) is 0 Å². The molecule has 0 bridgehead atoms. The molecule has 1 aromatic carbocycles. The van der Waals surface area contributed by atoms with E-state index >= 15 is 0 Å². The van der Waals surface area contributed by atoms with Crippen molar-refractivity contribution in [3.8, 4) is 0 Å². The first-order chi connectivity index (χ1) is 8.50. The standard InChI is InChI=1S/C14H19BrN2O/c1-9-4-5-13(15)12(6-9)14(18)17-10(2)7-16-8-11(17)3/h4-6,10-11,16H,7-8H2,1-3H3. The van der Waals surface area contributed by atoms with Crippen LogP contribution in [0, 0.1) is 6.92 Å². The molecule has 0 radical (unpaired) electrons. The third-order valence-corrected chi connectivity index (χ3v) is 4.11. The van der Waals surface area contributed by atoms with E-state index < -0.39 is 0 Å². The number of rotatable bonds is 1. The largest absolute Gasteiger partial charge is 0.331 e. The number of benzene rings is 1. The Balaban J connectivity index is 2.32. The van der Waals surface area contributed by atoms with Crippen molar-refractivity contribution in [2.75, 3.05) is 13.1 Å². The van der Waals surface area contributed by atoms with E-state index in [2.05, 4.69) is 35.1 Å². The zero-order chi connectivity index (χ0) is 13.3. The summed E-state index contributed by atoms with van der Waals surface area (Å²) in [6.07, 6.45) is 0. The van der Waals surface area contributed by atoms with Gasteiger partial charge in [-0.05, 0) is 48.8 Å². The fourth-order valence-electron chi connectivity index (χ4n) is 2.47. The summed E-state index contributed by atoms with van der Waals surface area (Å²) in [4.78, 5) is 14.6. The molecule has 0 spiro atoms. The Labute approximate surface area is 117 Å². The van der Waals surface area contributed by atoms with E-state index in [0.717, 1.165) is 28.7 Å². The molecular formula is C14H19BrN2O. The molecule has 1 fully saturated rings. The molecule has 0 aromatic heterocycles. The van der Waals surface area contributed by atoms with Gasteiger partial charge in [0.05, 0.1) is 5.56 Å². The molecule has 1 aromatic rings. The lowest BCUT2D eigenvalue weighted by molar-refractivity contribution is 0.0543. The highest BCUT2D eigenvalue weighted by atomic mass is 79.9. The summed E-state index contributed by atoms with van der Waals surface area (Å²) in [6, 6.07) is 6.36. The van der Waals surface area contributed by atoms with Crippen molar-refractivity contribution < 1.29 is 4.79 Å². The van der Waals surface area contributed by atoms with E-state index in [9.17, 15) is 4.79 Å². The molecule has 4 heteroatoms. The molecule has 1 N–H and O–H groups in total. The van der Waals surface area contributed by atoms with Crippen molar-refractivity contribution >= 4 is 21.8 Å². The number of halogens is 1. The first-order valence-electron chi connectivity index (χ1n) is 6.30. The van der Waals surface area contributed by atoms with Crippen LogP contribution in [0.1, 0.15) is 29.8 Å². The van der Waals surface area contributed by atoms with Gasteiger partial charge in [0.25, 0.3) is 5.91 Å². The highest BCUT2D eigenvalue weighted by Crippen LogP contribution is 2.22. The van der Waals surface area contributed by atoms with E-state index in [4.69, 9.17) is 0 Å². The number of nitrogens with one attached hydrogen (secondary N) is 1. The lowest BCUT2D eigenvalue weighted by atomic mass is 10.1. The van der Waals surface area contributed by atoms with Crippen LogP contribution in [0.4, 0.5) is 0 Å². The lowest BCUT2D eigenvalue weighted by Gasteiger charge is -2.39. The minimum atomic E-state index is 0.118. The van der Waals surface area contributed by atoms with Crippen LogP contribution in [-0.4, -0.2) is 36.0 Å². The van der Waals surface area contributed by atoms with Gasteiger partial charge in [-0.25, -0.2) is 0 Å². The number of nitrogens with zero attached hydrogens (tertiary/aromatic N) is 1. The number of hydrogen-bond acceptors (Lipinski definition) is 2. The zero-order valence-corrected chi connectivity index (χ0v) is 12.6. The van der Waals surface area contributed by atoms with Gasteiger partial charge in [-0.1, -0.05) is 11.6 Å². The molecule has 0 saturated carbocycles. The van der Waals surface area contributed by atoms with Crippen LogP contribution < -0.4 is 5.32 Å². The number of amides is 1. The molecule has 1 amide bonds. The summed E-state index contributed by atoms with van der Waals surface area (Å²) in [5.74, 6) is 0.118. The minimum Gasteiger partial charge on any atom is -0.331 e. The summed E-state index contributed by atoms with van der Waals surface area (Å²) in [6.45, 7) is 7.90. The Morgan fingerprint density at radius 2 is 1.94 bits per heavy atom. The SMILES string of the molecule is Cc1ccc(Br)c(C(=O)N2C(C)CNCC2C)c1. The molecule has 2 atom stereocenters. The Kier molecular flexibility index (Phi) is 4.07. The molecule has 2 unspecified atom stereocenters. The Morgan fingerprint density at radius 1 is 1.33 bits per heavy atom. The van der Waals surface area contributed by atoms with Gasteiger partial charge in [0, 0.05) is 29.6 Å². The van der Waals surface area contributed by atoms with Gasteiger partial charge in [0.2, 0.25) is 0 Å². The Bertz CT molecular complexity index is 451. The van der Waals surface area contributed by atoms with E-state index in [0.29, 0.717) is 0 Å². The van der Waals surface area contributed by atoms with Gasteiger partial charge in [-0.15, -0.1) is 0 Å². The highest BCUT2D eigenvalue weighted by molar-refractivity contribution is 9.10. The van der Waals surface area contributed by atoms with Crippen LogP contribution in [0.25, 0.3) is 0 Å². The summed E-state index contributed by atoms with van der Waals surface area (Å²) in [5, 5.41) is 3.34. The summed E-state index contributed by atoms with van der Waals surface area (Å²) >= 11 is 3.47. The second kappa shape index (κ2) is 5.41. The number of aryl methyl sites for hydroxylation is 1. The van der Waals surface area contributed by atoms with Gasteiger partial charge in [0.1, 0.15) is 0 Å². The predicted molar refractivity (Wildman–Crippen MR) is 76.8 cm³/mol. The third-order valence-electron chi connectivity index (χ3n) is 3.42. The normalized spacial score (nSPS) is 24.1. The monoisotopic (exact) mass is 310 g/mol. The summed E-state index contributed by atoms with van der Waals surface area (Å²) < 4.78 is 0.871. The molecule has 1 aliphatic heterocycles. The fourth-order valence-corrected chi connectivity index (χ4v) is 2.89. The molecule has 2 rings (SSSR count). The average molecular weight is 311 g/mol. The summed E-state index contributed by atoms with van der Waals surface area (Å²) in [5.41, 5.74) is 1.87. The van der Waals surface area contributed by atoms with Crippen LogP contribution >= 0.6 is 15.9 Å². The highest BCUT2D eigenvalue weighted by Gasteiger charge is 2.30. The fraction of sp³-hybridized carbons (Fsp3) is 0.500. The Hall–Kier alpha value is -0.870. The van der Waals surface area contributed by atoms with Crippen molar-refractivity contribution in [2.24, 2.45) is 0 Å². The topological polar surface area (TPSA) is 32.3 Å². The molecule has 1 saturated heterocycles. The second-order valence-corrected chi connectivity index (χ2v) is 5.91. The molecular weight excluding hydrogens is 292 g/mol. The van der Waals surface area contributed by atoms with Gasteiger partial charge in [-0.2, -0.15) is 0 Å². The maximum atomic E-state index is 12.7. The van der Waals surface area contributed by atoms with E-state index in [1.165, 1.54) is 0 Å². The third kappa shape index (κ3) is 2.59. The average Bonchev–Trinajstić information content (AvgIpc) is 2.32. The number of hydrogen-bond donors (Lipinski definition) is 1. The molecule has 1 heterocycles. The minimum absolute atomic E-state index is 0.118. The van der Waals surface area contributed by atoms with Crippen molar-refractivity contribution in [1.82, 2.24) is 10.2 Å². The van der Waals surface area contributed by atoms with Gasteiger partial charge < -0.3 is 10.2 Å². The second-order valence-electron chi connectivity index (χ2n) is 5.05. The lowest BCUT2D eigenvalue weighted by Crippen LogP contribution is -2.57. The van der Waals surface area contributed by atoms with E-state index in [-0.39, 0.29) is 18.0 Å². The quantitative estimate of drug-likeness (QED) is 0.864. The first kappa shape index (κ1) is 13.6. The maximum absolute atomic E-state index is 12.7. The van der Waals surface area contributed by atoms with Gasteiger partial charge in [-0.3, -0.25) is 4.79 Å². The van der Waals surface area contributed by atoms with Crippen LogP contribution in [0.5, 0.6) is 0 Å². The number of carbonyl (C=O) groups excluding carboxylic acids is 1. The van der Waals surface area contributed by atoms with E-state index in [1.807, 2.05) is 30.0 Å². The predicted octanol–water partition coefficient (Wildman–Crippen LogP) is 2.58. The van der Waals surface area contributed by atoms with Crippen molar-refractivity contribution in [2.45, 2.75) is 32.9 Å². The van der Waals surface area contributed by atoms with Crippen LogP contribution in [0.3, 0.4) is 0 Å². The van der Waals surface area contributed by atoms with Crippen LogP contribution in [0.15, 0.2) is 22.7 Å². The van der Waals surface area contributed by atoms with Crippen LogP contribution in [0.2, 0.25) is 0 Å². The molecule has 0 aliphatic carbocycles. The van der Waals surface area contributed by atoms with Crippen LogP contribution in [-0.2, 0) is 0 Å². The van der Waals surface area contributed by atoms with Gasteiger partial charge in [0.15, 0.2) is 0 Å². The summed E-state index contributed by atoms with van der Waals surface area (Å²) in [7, 11) is 0. The Morgan fingerprint density at radius 3 is 2.56 bits per heavy atom. The number of carbonyl (C=O) groups is 1. The molecule has 98 valence electrons. The smallest absolute Gasteiger partial charge is 0.255 e. The van der Waals surface area contributed by atoms with Crippen molar-refractivity contribution in [3.63, 3.8) is 0 Å². The molecule has 3 nitrogen and oxygen atoms in total. The number of piperazine rings is 1.